The van der Waals surface area contributed by atoms with Gasteiger partial charge in [0, 0.05) is 31.9 Å². The van der Waals surface area contributed by atoms with Gasteiger partial charge in [0.2, 0.25) is 11.8 Å². The molecule has 2 aliphatic rings. The predicted octanol–water partition coefficient (Wildman–Crippen LogP) is 3.03. The number of benzene rings is 1. The fraction of sp³-hybridized carbons (Fsp3) is 0.476. The van der Waals surface area contributed by atoms with Gasteiger partial charge in [-0.15, -0.1) is 0 Å². The summed E-state index contributed by atoms with van der Waals surface area (Å²) >= 11 is 0. The summed E-state index contributed by atoms with van der Waals surface area (Å²) in [4.78, 5) is 31.8. The van der Waals surface area contributed by atoms with Crippen LogP contribution in [0.1, 0.15) is 36.0 Å². The van der Waals surface area contributed by atoms with Crippen molar-refractivity contribution < 1.29 is 9.59 Å². The summed E-state index contributed by atoms with van der Waals surface area (Å²) in [5.74, 6) is 1.05. The number of nitrogens with zero attached hydrogens (tertiary/aromatic N) is 3. The molecule has 1 aromatic heterocycles. The smallest absolute Gasteiger partial charge is 0.235 e. The number of hydrogen-bond acceptors (Lipinski definition) is 3. The highest BCUT2D eigenvalue weighted by molar-refractivity contribution is 5.87. The number of carbonyl (C=O) groups is 2. The van der Waals surface area contributed by atoms with Crippen LogP contribution in [0.25, 0.3) is 0 Å². The number of likely N-dealkylation sites (tertiary alicyclic amines) is 1. The van der Waals surface area contributed by atoms with Gasteiger partial charge in [-0.1, -0.05) is 36.8 Å². The molecule has 136 valence electrons. The van der Waals surface area contributed by atoms with Crippen molar-refractivity contribution in [3.8, 4) is 0 Å². The molecule has 1 aliphatic carbocycles. The molecular weight excluding hydrogens is 326 g/mol. The second-order valence-electron chi connectivity index (χ2n) is 7.65. The van der Waals surface area contributed by atoms with Gasteiger partial charge in [0.15, 0.2) is 0 Å². The van der Waals surface area contributed by atoms with Gasteiger partial charge in [-0.3, -0.25) is 14.2 Å². The Morgan fingerprint density at radius 1 is 1.12 bits per heavy atom. The lowest BCUT2D eigenvalue weighted by molar-refractivity contribution is -0.131. The van der Waals surface area contributed by atoms with Crippen molar-refractivity contribution in [3.63, 3.8) is 0 Å². The SMILES string of the molecule is O=C(C[C@H](Cc1ccccc1)C(=O)n1ccnc1)N1C[C@H]2CCC[C@H]2C1. The molecule has 0 unspecified atom stereocenters. The summed E-state index contributed by atoms with van der Waals surface area (Å²) in [6.07, 6.45) is 9.41. The Morgan fingerprint density at radius 3 is 2.50 bits per heavy atom. The van der Waals surface area contributed by atoms with Gasteiger partial charge in [0.1, 0.15) is 6.33 Å². The highest BCUT2D eigenvalue weighted by atomic mass is 16.2. The van der Waals surface area contributed by atoms with E-state index in [2.05, 4.69) is 4.98 Å². The fourth-order valence-electron chi connectivity index (χ4n) is 4.52. The van der Waals surface area contributed by atoms with Crippen molar-refractivity contribution in [1.29, 1.82) is 0 Å². The van der Waals surface area contributed by atoms with Crippen molar-refractivity contribution in [2.45, 2.75) is 32.1 Å². The molecule has 0 radical (unpaired) electrons. The fourth-order valence-corrected chi connectivity index (χ4v) is 4.52. The lowest BCUT2D eigenvalue weighted by atomic mass is 9.94. The zero-order chi connectivity index (χ0) is 17.9. The van der Waals surface area contributed by atoms with Crippen LogP contribution in [-0.2, 0) is 11.2 Å². The molecule has 1 saturated heterocycles. The van der Waals surface area contributed by atoms with Crippen LogP contribution in [0.4, 0.5) is 0 Å². The summed E-state index contributed by atoms with van der Waals surface area (Å²) in [5.41, 5.74) is 1.08. The van der Waals surface area contributed by atoms with Crippen LogP contribution in [0, 0.1) is 17.8 Å². The summed E-state index contributed by atoms with van der Waals surface area (Å²) < 4.78 is 1.50. The first kappa shape index (κ1) is 17.0. The maximum Gasteiger partial charge on any atom is 0.235 e. The van der Waals surface area contributed by atoms with E-state index in [-0.39, 0.29) is 24.2 Å². The topological polar surface area (TPSA) is 55.2 Å². The van der Waals surface area contributed by atoms with Gasteiger partial charge in [-0.25, -0.2) is 4.98 Å². The van der Waals surface area contributed by atoms with Crippen LogP contribution in [0.3, 0.4) is 0 Å². The molecule has 3 atom stereocenters. The zero-order valence-corrected chi connectivity index (χ0v) is 15.0. The summed E-state index contributed by atoms with van der Waals surface area (Å²) in [5, 5.41) is 0. The molecule has 2 aromatic rings. The first-order chi connectivity index (χ1) is 12.7. The van der Waals surface area contributed by atoms with Crippen LogP contribution >= 0.6 is 0 Å². The Hall–Kier alpha value is -2.43. The van der Waals surface area contributed by atoms with Crippen LogP contribution in [0.2, 0.25) is 0 Å². The van der Waals surface area contributed by atoms with E-state index in [9.17, 15) is 9.59 Å². The van der Waals surface area contributed by atoms with Gasteiger partial charge < -0.3 is 4.90 Å². The molecule has 1 aromatic carbocycles. The van der Waals surface area contributed by atoms with Crippen molar-refractivity contribution >= 4 is 11.8 Å². The molecule has 0 N–H and O–H groups in total. The minimum atomic E-state index is -0.362. The van der Waals surface area contributed by atoms with E-state index in [4.69, 9.17) is 0 Å². The van der Waals surface area contributed by atoms with Crippen LogP contribution in [0.15, 0.2) is 49.1 Å². The maximum atomic E-state index is 12.9. The van der Waals surface area contributed by atoms with Gasteiger partial charge in [-0.2, -0.15) is 0 Å². The molecule has 5 nitrogen and oxygen atoms in total. The molecule has 26 heavy (non-hydrogen) atoms. The number of hydrogen-bond donors (Lipinski definition) is 0. The molecule has 2 fully saturated rings. The van der Waals surface area contributed by atoms with E-state index in [0.717, 1.165) is 18.7 Å². The van der Waals surface area contributed by atoms with Crippen molar-refractivity contribution in [2.75, 3.05) is 13.1 Å². The standard InChI is InChI=1S/C21H25N3O2/c25-20(24-13-17-7-4-8-18(17)14-24)12-19(11-16-5-2-1-3-6-16)21(26)23-10-9-22-15-23/h1-3,5-6,9-10,15,17-19H,4,7-8,11-14H2/t17-,18+,19-/m0/s1. The Morgan fingerprint density at radius 2 is 1.85 bits per heavy atom. The summed E-state index contributed by atoms with van der Waals surface area (Å²) in [7, 11) is 0. The first-order valence-electron chi connectivity index (χ1n) is 9.54. The van der Waals surface area contributed by atoms with Gasteiger partial charge in [0.05, 0.1) is 5.92 Å². The number of imidazole rings is 1. The third-order valence-electron chi connectivity index (χ3n) is 5.93. The third-order valence-corrected chi connectivity index (χ3v) is 5.93. The second kappa shape index (κ2) is 7.44. The third kappa shape index (κ3) is 3.57. The summed E-state index contributed by atoms with van der Waals surface area (Å²) in [6.45, 7) is 1.75. The molecule has 1 saturated carbocycles. The quantitative estimate of drug-likeness (QED) is 0.832. The molecule has 2 heterocycles. The Balaban J connectivity index is 1.47. The molecule has 5 heteroatoms. The van der Waals surface area contributed by atoms with E-state index >= 15 is 0 Å². The van der Waals surface area contributed by atoms with Crippen molar-refractivity contribution in [1.82, 2.24) is 14.5 Å². The molecule has 1 amide bonds. The lowest BCUT2D eigenvalue weighted by Gasteiger charge is -2.21. The molecular formula is C21H25N3O2. The minimum Gasteiger partial charge on any atom is -0.342 e. The number of carbonyl (C=O) groups excluding carboxylic acids is 2. The monoisotopic (exact) mass is 351 g/mol. The van der Waals surface area contributed by atoms with E-state index in [1.807, 2.05) is 35.2 Å². The average molecular weight is 351 g/mol. The molecule has 1 aliphatic heterocycles. The highest BCUT2D eigenvalue weighted by Crippen LogP contribution is 2.38. The summed E-state index contributed by atoms with van der Waals surface area (Å²) in [6, 6.07) is 9.93. The number of rotatable bonds is 5. The van der Waals surface area contributed by atoms with Crippen LogP contribution in [0.5, 0.6) is 0 Å². The largest absolute Gasteiger partial charge is 0.342 e. The maximum absolute atomic E-state index is 12.9. The average Bonchev–Trinajstić information content (AvgIpc) is 3.38. The minimum absolute atomic E-state index is 0.0564. The van der Waals surface area contributed by atoms with Crippen molar-refractivity contribution in [3.05, 3.63) is 54.6 Å². The van der Waals surface area contributed by atoms with E-state index < -0.39 is 0 Å². The number of aromatic nitrogens is 2. The zero-order valence-electron chi connectivity index (χ0n) is 15.0. The predicted molar refractivity (Wildman–Crippen MR) is 98.5 cm³/mol. The molecule has 0 bridgehead atoms. The van der Waals surface area contributed by atoms with E-state index in [1.54, 1.807) is 12.4 Å². The van der Waals surface area contributed by atoms with Gasteiger partial charge in [0.25, 0.3) is 0 Å². The van der Waals surface area contributed by atoms with E-state index in [1.165, 1.54) is 30.2 Å². The Bertz CT molecular complexity index is 745. The van der Waals surface area contributed by atoms with Crippen LogP contribution < -0.4 is 0 Å². The normalized spacial score (nSPS) is 23.0. The van der Waals surface area contributed by atoms with Crippen LogP contribution in [-0.4, -0.2) is 39.4 Å². The van der Waals surface area contributed by atoms with E-state index in [0.29, 0.717) is 18.3 Å². The second-order valence-corrected chi connectivity index (χ2v) is 7.65. The van der Waals surface area contributed by atoms with Gasteiger partial charge >= 0.3 is 0 Å². The lowest BCUT2D eigenvalue weighted by Crippen LogP contribution is -2.34. The molecule has 4 rings (SSSR count). The molecule has 0 spiro atoms. The Kier molecular flexibility index (Phi) is 4.87. The number of amides is 1. The highest BCUT2D eigenvalue weighted by Gasteiger charge is 2.38. The first-order valence-corrected chi connectivity index (χ1v) is 9.54. The van der Waals surface area contributed by atoms with Gasteiger partial charge in [-0.05, 0) is 36.7 Å². The van der Waals surface area contributed by atoms with Crippen molar-refractivity contribution in [2.24, 2.45) is 17.8 Å². The number of fused-ring (bicyclic) bond motifs is 1. The Labute approximate surface area is 154 Å².